The topological polar surface area (TPSA) is 63.9 Å². The van der Waals surface area contributed by atoms with Crippen LogP contribution in [-0.4, -0.2) is 59.1 Å². The molecule has 0 saturated carbocycles. The Balaban J connectivity index is 1.57. The summed E-state index contributed by atoms with van der Waals surface area (Å²) < 4.78 is 49.1. The van der Waals surface area contributed by atoms with Crippen molar-refractivity contribution in [3.8, 4) is 22.8 Å². The molecule has 0 aliphatic carbocycles. The van der Waals surface area contributed by atoms with Crippen LogP contribution in [0.15, 0.2) is 36.5 Å². The summed E-state index contributed by atoms with van der Waals surface area (Å²) in [6.45, 7) is 6.30. The van der Waals surface area contributed by atoms with Crippen LogP contribution in [0.25, 0.3) is 16.9 Å². The molecule has 0 atom stereocenters. The van der Waals surface area contributed by atoms with Crippen LogP contribution in [0.1, 0.15) is 19.8 Å². The number of ether oxygens (including phenoxy) is 2. The predicted molar refractivity (Wildman–Crippen MR) is 115 cm³/mol. The van der Waals surface area contributed by atoms with Gasteiger partial charge in [-0.2, -0.15) is 0 Å². The van der Waals surface area contributed by atoms with Gasteiger partial charge in [0.2, 0.25) is 0 Å². The molecule has 2 aromatic heterocycles. The van der Waals surface area contributed by atoms with E-state index < -0.39 is 6.36 Å². The first-order valence-corrected chi connectivity index (χ1v) is 10.6. The summed E-state index contributed by atoms with van der Waals surface area (Å²) in [6.07, 6.45) is -0.943. The lowest BCUT2D eigenvalue weighted by Crippen LogP contribution is -2.35. The third-order valence-electron chi connectivity index (χ3n) is 5.77. The molecule has 0 bridgehead atoms. The molecule has 1 aliphatic rings. The first kappa shape index (κ1) is 22.2. The molecular weight excluding hydrogens is 423 g/mol. The first-order valence-electron chi connectivity index (χ1n) is 10.6. The number of alkyl halides is 3. The molecule has 1 saturated heterocycles. The standard InChI is InChI=1S/C22H26F3N5O2/c1-3-29-10-8-15(9-11-29)13-26-20-6-7-21-27-14-18(30(21)28-20)17-12-16(32-22(23,24)25)4-5-19(17)31-2/h4-7,12,14-15H,3,8-11,13H2,1-2H3,(H,26,28). The zero-order chi connectivity index (χ0) is 22.7. The van der Waals surface area contributed by atoms with Crippen molar-refractivity contribution in [2.24, 2.45) is 5.92 Å². The molecule has 3 heterocycles. The summed E-state index contributed by atoms with van der Waals surface area (Å²) in [4.78, 5) is 6.78. The lowest BCUT2D eigenvalue weighted by molar-refractivity contribution is -0.274. The van der Waals surface area contributed by atoms with Crippen molar-refractivity contribution in [3.05, 3.63) is 36.5 Å². The maximum Gasteiger partial charge on any atom is 0.573 e. The normalized spacial score (nSPS) is 15.8. The SMILES string of the molecule is CCN1CCC(CNc2ccc3ncc(-c4cc(OC(F)(F)F)ccc4OC)n3n2)CC1. The molecule has 7 nitrogen and oxygen atoms in total. The highest BCUT2D eigenvalue weighted by molar-refractivity contribution is 5.71. The van der Waals surface area contributed by atoms with Crippen molar-refractivity contribution in [2.45, 2.75) is 26.1 Å². The fraction of sp³-hybridized carbons (Fsp3) is 0.455. The van der Waals surface area contributed by atoms with Gasteiger partial charge in [0.05, 0.1) is 19.0 Å². The molecule has 0 spiro atoms. The molecule has 32 heavy (non-hydrogen) atoms. The molecule has 0 unspecified atom stereocenters. The van der Waals surface area contributed by atoms with E-state index in [1.165, 1.54) is 25.3 Å². The highest BCUT2D eigenvalue weighted by atomic mass is 19.4. The number of anilines is 1. The van der Waals surface area contributed by atoms with Gasteiger partial charge in [0.15, 0.2) is 5.65 Å². The summed E-state index contributed by atoms with van der Waals surface area (Å²) >= 11 is 0. The number of imidazole rings is 1. The van der Waals surface area contributed by atoms with E-state index in [2.05, 4.69) is 32.0 Å². The Labute approximate surface area is 184 Å². The quantitative estimate of drug-likeness (QED) is 0.575. The predicted octanol–water partition coefficient (Wildman–Crippen LogP) is 4.45. The van der Waals surface area contributed by atoms with E-state index in [1.54, 1.807) is 10.7 Å². The molecule has 1 fully saturated rings. The van der Waals surface area contributed by atoms with E-state index in [4.69, 9.17) is 4.74 Å². The molecule has 1 aliphatic heterocycles. The van der Waals surface area contributed by atoms with E-state index in [0.29, 0.717) is 34.4 Å². The number of hydrogen-bond donors (Lipinski definition) is 1. The number of aromatic nitrogens is 3. The molecule has 172 valence electrons. The van der Waals surface area contributed by atoms with Gasteiger partial charge >= 0.3 is 6.36 Å². The van der Waals surface area contributed by atoms with Crippen LogP contribution in [-0.2, 0) is 0 Å². The van der Waals surface area contributed by atoms with Crippen LogP contribution >= 0.6 is 0 Å². The summed E-state index contributed by atoms with van der Waals surface area (Å²) in [5.41, 5.74) is 1.48. The molecule has 3 aromatic rings. The van der Waals surface area contributed by atoms with Crippen molar-refractivity contribution in [3.63, 3.8) is 0 Å². The summed E-state index contributed by atoms with van der Waals surface area (Å²) in [7, 11) is 1.45. The van der Waals surface area contributed by atoms with E-state index in [9.17, 15) is 13.2 Å². The number of fused-ring (bicyclic) bond motifs is 1. The molecule has 4 rings (SSSR count). The van der Waals surface area contributed by atoms with Crippen LogP contribution in [0.2, 0.25) is 0 Å². The van der Waals surface area contributed by atoms with E-state index >= 15 is 0 Å². The first-order chi connectivity index (χ1) is 15.4. The highest BCUT2D eigenvalue weighted by Crippen LogP contribution is 2.35. The van der Waals surface area contributed by atoms with Gasteiger partial charge < -0.3 is 19.7 Å². The van der Waals surface area contributed by atoms with Crippen LogP contribution in [0.4, 0.5) is 19.0 Å². The van der Waals surface area contributed by atoms with Crippen LogP contribution in [0.5, 0.6) is 11.5 Å². The second-order valence-electron chi connectivity index (χ2n) is 7.80. The van der Waals surface area contributed by atoms with Crippen molar-refractivity contribution in [1.29, 1.82) is 0 Å². The van der Waals surface area contributed by atoms with Crippen molar-refractivity contribution < 1.29 is 22.6 Å². The minimum atomic E-state index is -4.78. The van der Waals surface area contributed by atoms with Crippen LogP contribution < -0.4 is 14.8 Å². The maximum absolute atomic E-state index is 12.7. The molecule has 0 amide bonds. The minimum Gasteiger partial charge on any atom is -0.496 e. The third-order valence-corrected chi connectivity index (χ3v) is 5.77. The van der Waals surface area contributed by atoms with Crippen LogP contribution in [0.3, 0.4) is 0 Å². The number of hydrogen-bond acceptors (Lipinski definition) is 6. The Morgan fingerprint density at radius 2 is 1.94 bits per heavy atom. The average Bonchev–Trinajstić information content (AvgIpc) is 3.20. The summed E-state index contributed by atoms with van der Waals surface area (Å²) in [6, 6.07) is 7.59. The second kappa shape index (κ2) is 9.23. The number of likely N-dealkylation sites (tertiary alicyclic amines) is 1. The number of benzene rings is 1. The fourth-order valence-corrected chi connectivity index (χ4v) is 3.99. The third kappa shape index (κ3) is 5.07. The summed E-state index contributed by atoms with van der Waals surface area (Å²) in [5.74, 6) is 1.31. The highest BCUT2D eigenvalue weighted by Gasteiger charge is 2.31. The molecule has 1 aromatic carbocycles. The summed E-state index contributed by atoms with van der Waals surface area (Å²) in [5, 5.41) is 8.02. The lowest BCUT2D eigenvalue weighted by atomic mass is 9.97. The number of nitrogens with zero attached hydrogens (tertiary/aromatic N) is 4. The van der Waals surface area contributed by atoms with E-state index in [-0.39, 0.29) is 5.75 Å². The van der Waals surface area contributed by atoms with Gasteiger partial charge in [0.1, 0.15) is 17.3 Å². The number of piperidine rings is 1. The Hall–Kier alpha value is -3.01. The van der Waals surface area contributed by atoms with Crippen molar-refractivity contribution in [1.82, 2.24) is 19.5 Å². The van der Waals surface area contributed by atoms with E-state index in [1.807, 2.05) is 12.1 Å². The molecular formula is C22H26F3N5O2. The van der Waals surface area contributed by atoms with Gasteiger partial charge in [-0.3, -0.25) is 0 Å². The molecule has 10 heteroatoms. The Morgan fingerprint density at radius 3 is 2.62 bits per heavy atom. The van der Waals surface area contributed by atoms with Crippen molar-refractivity contribution in [2.75, 3.05) is 38.6 Å². The largest absolute Gasteiger partial charge is 0.573 e. The Kier molecular flexibility index (Phi) is 6.40. The number of rotatable bonds is 7. The lowest BCUT2D eigenvalue weighted by Gasteiger charge is -2.31. The van der Waals surface area contributed by atoms with Gasteiger partial charge in [-0.05, 0) is 68.7 Å². The Bertz CT molecular complexity index is 1060. The zero-order valence-electron chi connectivity index (χ0n) is 18.0. The van der Waals surface area contributed by atoms with Gasteiger partial charge in [-0.25, -0.2) is 9.50 Å². The number of nitrogens with one attached hydrogen (secondary N) is 1. The van der Waals surface area contributed by atoms with E-state index in [0.717, 1.165) is 39.0 Å². The maximum atomic E-state index is 12.7. The Morgan fingerprint density at radius 1 is 1.16 bits per heavy atom. The average molecular weight is 449 g/mol. The van der Waals surface area contributed by atoms with Gasteiger partial charge in [0, 0.05) is 12.1 Å². The number of methoxy groups -OCH3 is 1. The van der Waals surface area contributed by atoms with Gasteiger partial charge in [0.25, 0.3) is 0 Å². The fourth-order valence-electron chi connectivity index (χ4n) is 3.99. The smallest absolute Gasteiger partial charge is 0.496 e. The monoisotopic (exact) mass is 449 g/mol. The molecule has 0 radical (unpaired) electrons. The second-order valence-corrected chi connectivity index (χ2v) is 7.80. The van der Waals surface area contributed by atoms with Gasteiger partial charge in [-0.1, -0.05) is 6.92 Å². The molecule has 1 N–H and O–H groups in total. The van der Waals surface area contributed by atoms with Gasteiger partial charge in [-0.15, -0.1) is 18.3 Å². The van der Waals surface area contributed by atoms with Crippen molar-refractivity contribution >= 4 is 11.5 Å². The van der Waals surface area contributed by atoms with Crippen LogP contribution in [0, 0.1) is 5.92 Å². The zero-order valence-corrected chi connectivity index (χ0v) is 18.0. The number of halogens is 3. The minimum absolute atomic E-state index is 0.337.